The van der Waals surface area contributed by atoms with Crippen LogP contribution in [0.2, 0.25) is 0 Å². The van der Waals surface area contributed by atoms with Gasteiger partial charge in [0.1, 0.15) is 5.54 Å². The molecule has 2 heterocycles. The molecule has 1 aromatic heterocycles. The summed E-state index contributed by atoms with van der Waals surface area (Å²) in [4.78, 5) is 31.3. The van der Waals surface area contributed by atoms with Crippen LogP contribution in [0.4, 0.5) is 0 Å². The zero-order valence-corrected chi connectivity index (χ0v) is 19.3. The van der Waals surface area contributed by atoms with E-state index in [4.69, 9.17) is 4.52 Å². The molecule has 2 fully saturated rings. The van der Waals surface area contributed by atoms with Crippen LogP contribution in [-0.4, -0.2) is 52.5 Å². The summed E-state index contributed by atoms with van der Waals surface area (Å²) in [5.41, 5.74) is -0.544. The zero-order valence-electron chi connectivity index (χ0n) is 19.3. The van der Waals surface area contributed by atoms with E-state index in [0.29, 0.717) is 24.6 Å². The van der Waals surface area contributed by atoms with E-state index in [1.807, 2.05) is 0 Å². The second kappa shape index (κ2) is 11.6. The van der Waals surface area contributed by atoms with Gasteiger partial charge in [0.15, 0.2) is 5.82 Å². The first kappa shape index (κ1) is 23.7. The third-order valence-electron chi connectivity index (χ3n) is 6.62. The molecule has 1 saturated heterocycles. The van der Waals surface area contributed by atoms with Gasteiger partial charge in [-0.3, -0.25) is 9.59 Å². The van der Waals surface area contributed by atoms with E-state index in [2.05, 4.69) is 32.6 Å². The first-order chi connectivity index (χ1) is 15.0. The Bertz CT molecular complexity index is 704. The number of carbonyl (C=O) groups excluding carboxylic acids is 2. The van der Waals surface area contributed by atoms with Gasteiger partial charge >= 0.3 is 0 Å². The molecule has 0 aromatic carbocycles. The van der Waals surface area contributed by atoms with Crippen molar-refractivity contribution in [2.45, 2.75) is 102 Å². The van der Waals surface area contributed by atoms with Gasteiger partial charge in [0.2, 0.25) is 17.7 Å². The highest BCUT2D eigenvalue weighted by Gasteiger charge is 2.38. The Kier molecular flexibility index (Phi) is 8.87. The Morgan fingerprint density at radius 3 is 2.52 bits per heavy atom. The maximum atomic E-state index is 12.4. The van der Waals surface area contributed by atoms with Crippen LogP contribution in [0.3, 0.4) is 0 Å². The molecule has 1 aliphatic heterocycles. The van der Waals surface area contributed by atoms with Crippen molar-refractivity contribution < 1.29 is 14.1 Å². The van der Waals surface area contributed by atoms with Gasteiger partial charge in [-0.2, -0.15) is 4.98 Å². The Labute approximate surface area is 185 Å². The molecule has 0 unspecified atom stereocenters. The molecule has 2 N–H and O–H groups in total. The van der Waals surface area contributed by atoms with Crippen molar-refractivity contribution in [1.82, 2.24) is 25.7 Å². The maximum absolute atomic E-state index is 12.4. The van der Waals surface area contributed by atoms with Gasteiger partial charge in [-0.15, -0.1) is 0 Å². The third kappa shape index (κ3) is 7.02. The summed E-state index contributed by atoms with van der Waals surface area (Å²) in [5.74, 6) is 0.985. The number of hydrogen-bond acceptors (Lipinski definition) is 6. The minimum absolute atomic E-state index is 0.0396. The minimum Gasteiger partial charge on any atom is -0.353 e. The molecule has 0 bridgehead atoms. The zero-order chi connectivity index (χ0) is 22.1. The lowest BCUT2D eigenvalue weighted by Crippen LogP contribution is -2.45. The fraction of sp³-hybridized carbons (Fsp3) is 0.826. The number of unbranched alkanes of at least 4 members (excludes halogenated alkanes) is 1. The highest BCUT2D eigenvalue weighted by Crippen LogP contribution is 2.34. The molecule has 0 spiro atoms. The molecule has 2 aliphatic rings. The number of likely N-dealkylation sites (tertiary alicyclic amines) is 1. The number of piperidine rings is 1. The molecule has 174 valence electrons. The van der Waals surface area contributed by atoms with Gasteiger partial charge in [0, 0.05) is 38.9 Å². The molecule has 1 saturated carbocycles. The summed E-state index contributed by atoms with van der Waals surface area (Å²) in [6.45, 7) is 7.03. The summed E-state index contributed by atoms with van der Waals surface area (Å²) < 4.78 is 5.46. The number of aromatic nitrogens is 2. The molecule has 8 heteroatoms. The van der Waals surface area contributed by atoms with Crippen molar-refractivity contribution in [1.29, 1.82) is 0 Å². The summed E-state index contributed by atoms with van der Waals surface area (Å²) in [5, 5.41) is 10.5. The Balaban J connectivity index is 1.48. The highest BCUT2D eigenvalue weighted by atomic mass is 16.5. The van der Waals surface area contributed by atoms with Crippen LogP contribution < -0.4 is 10.6 Å². The van der Waals surface area contributed by atoms with Gasteiger partial charge in [-0.25, -0.2) is 0 Å². The molecule has 1 aliphatic carbocycles. The molecule has 0 radical (unpaired) electrons. The number of amides is 2. The molecule has 2 amide bonds. The van der Waals surface area contributed by atoms with Gasteiger partial charge in [-0.1, -0.05) is 44.2 Å². The van der Waals surface area contributed by atoms with Gasteiger partial charge in [0.25, 0.3) is 0 Å². The number of aryl methyl sites for hydroxylation is 1. The number of nitrogens with zero attached hydrogens (tertiary/aromatic N) is 3. The van der Waals surface area contributed by atoms with E-state index in [1.165, 1.54) is 19.8 Å². The Morgan fingerprint density at radius 2 is 1.87 bits per heavy atom. The number of carbonyl (C=O) groups is 2. The Hall–Kier alpha value is -1.96. The van der Waals surface area contributed by atoms with Crippen LogP contribution in [0.25, 0.3) is 0 Å². The number of hydrogen-bond donors (Lipinski definition) is 2. The quantitative estimate of drug-likeness (QED) is 0.581. The fourth-order valence-electron chi connectivity index (χ4n) is 4.83. The Morgan fingerprint density at radius 1 is 1.16 bits per heavy atom. The van der Waals surface area contributed by atoms with Crippen LogP contribution in [-0.2, 0) is 21.5 Å². The van der Waals surface area contributed by atoms with Gasteiger partial charge in [-0.05, 0) is 38.6 Å². The lowest BCUT2D eigenvalue weighted by atomic mass is 9.89. The molecular weight excluding hydrogens is 394 g/mol. The number of rotatable bonds is 9. The van der Waals surface area contributed by atoms with Crippen molar-refractivity contribution in [3.63, 3.8) is 0 Å². The largest absolute Gasteiger partial charge is 0.353 e. The van der Waals surface area contributed by atoms with Crippen LogP contribution in [0.1, 0.15) is 96.2 Å². The minimum atomic E-state index is -0.544. The molecule has 31 heavy (non-hydrogen) atoms. The highest BCUT2D eigenvalue weighted by molar-refractivity contribution is 5.76. The SMILES string of the molecule is CCCCN1CCC(NC(=O)CCc2nc(C3(NC(C)=O)CCCCCC3)no2)CC1. The summed E-state index contributed by atoms with van der Waals surface area (Å²) in [7, 11) is 0. The van der Waals surface area contributed by atoms with E-state index in [9.17, 15) is 9.59 Å². The molecule has 1 aromatic rings. The average Bonchev–Trinajstić information content (AvgIpc) is 3.12. The normalized spacial score (nSPS) is 20.2. The van der Waals surface area contributed by atoms with E-state index in [-0.39, 0.29) is 17.9 Å². The maximum Gasteiger partial charge on any atom is 0.227 e. The second-order valence-electron chi connectivity index (χ2n) is 9.23. The lowest BCUT2D eigenvalue weighted by molar-refractivity contribution is -0.122. The standard InChI is InChI=1S/C23H39N5O3/c1-3-4-15-28-16-11-19(12-17-28)24-20(30)9-10-21-25-22(27-31-21)23(26-18(2)29)13-7-5-6-8-14-23/h19H,3-17H2,1-2H3,(H,24,30)(H,26,29). The van der Waals surface area contributed by atoms with Crippen molar-refractivity contribution in [2.24, 2.45) is 0 Å². The van der Waals surface area contributed by atoms with Crippen molar-refractivity contribution in [3.8, 4) is 0 Å². The average molecular weight is 434 g/mol. The van der Waals surface area contributed by atoms with Gasteiger partial charge in [0.05, 0.1) is 0 Å². The number of nitrogens with one attached hydrogen (secondary N) is 2. The van der Waals surface area contributed by atoms with Crippen molar-refractivity contribution in [3.05, 3.63) is 11.7 Å². The monoisotopic (exact) mass is 433 g/mol. The van der Waals surface area contributed by atoms with Crippen LogP contribution in [0, 0.1) is 0 Å². The molecule has 8 nitrogen and oxygen atoms in total. The summed E-state index contributed by atoms with van der Waals surface area (Å²) in [6.07, 6.45) is 11.3. The van der Waals surface area contributed by atoms with Crippen LogP contribution >= 0.6 is 0 Å². The van der Waals surface area contributed by atoms with E-state index in [1.54, 1.807) is 0 Å². The predicted octanol–water partition coefficient (Wildman–Crippen LogP) is 3.07. The van der Waals surface area contributed by atoms with Crippen LogP contribution in [0.5, 0.6) is 0 Å². The van der Waals surface area contributed by atoms with E-state index in [0.717, 1.165) is 71.0 Å². The van der Waals surface area contributed by atoms with Gasteiger partial charge < -0.3 is 20.1 Å². The predicted molar refractivity (Wildman–Crippen MR) is 118 cm³/mol. The summed E-state index contributed by atoms with van der Waals surface area (Å²) in [6, 6.07) is 0.262. The molecule has 0 atom stereocenters. The second-order valence-corrected chi connectivity index (χ2v) is 9.23. The first-order valence-corrected chi connectivity index (χ1v) is 12.1. The van der Waals surface area contributed by atoms with E-state index >= 15 is 0 Å². The fourth-order valence-corrected chi connectivity index (χ4v) is 4.83. The van der Waals surface area contributed by atoms with Crippen LogP contribution in [0.15, 0.2) is 4.52 Å². The molecule has 3 rings (SSSR count). The van der Waals surface area contributed by atoms with E-state index < -0.39 is 5.54 Å². The summed E-state index contributed by atoms with van der Waals surface area (Å²) >= 11 is 0. The topological polar surface area (TPSA) is 100 Å². The lowest BCUT2D eigenvalue weighted by Gasteiger charge is -2.32. The third-order valence-corrected chi connectivity index (χ3v) is 6.62. The smallest absolute Gasteiger partial charge is 0.227 e. The molecular formula is C23H39N5O3. The van der Waals surface area contributed by atoms with Crippen molar-refractivity contribution >= 4 is 11.8 Å². The van der Waals surface area contributed by atoms with Crippen molar-refractivity contribution in [2.75, 3.05) is 19.6 Å². The first-order valence-electron chi connectivity index (χ1n) is 12.1.